The maximum absolute atomic E-state index is 13.9. The van der Waals surface area contributed by atoms with Gasteiger partial charge >= 0.3 is 0 Å². The number of nitrogens with two attached hydrogens (primary N) is 1. The quantitative estimate of drug-likeness (QED) is 0.842. The predicted octanol–water partition coefficient (Wildman–Crippen LogP) is 0.752. The third kappa shape index (κ3) is 5.05. The second-order valence-electron chi connectivity index (χ2n) is 5.99. The molecule has 1 aliphatic rings. The molecule has 1 aromatic carbocycles. The minimum absolute atomic E-state index is 0.00553. The second-order valence-corrected chi connectivity index (χ2v) is 5.99. The molecule has 0 aliphatic carbocycles. The molecule has 1 atom stereocenters. The van der Waals surface area contributed by atoms with Gasteiger partial charge in [-0.2, -0.15) is 0 Å². The highest BCUT2D eigenvalue weighted by Gasteiger charge is 2.22. The molecule has 0 bridgehead atoms. The number of carbonyl (C=O) groups excluding carboxylic acids is 1. The van der Waals surface area contributed by atoms with Crippen molar-refractivity contribution >= 4 is 5.91 Å². The summed E-state index contributed by atoms with van der Waals surface area (Å²) in [7, 11) is 1.84. The van der Waals surface area contributed by atoms with Gasteiger partial charge in [0.25, 0.3) is 0 Å². The van der Waals surface area contributed by atoms with E-state index in [1.807, 2.05) is 24.9 Å². The van der Waals surface area contributed by atoms with E-state index in [1.54, 1.807) is 6.07 Å². The van der Waals surface area contributed by atoms with Gasteiger partial charge in [0.05, 0.1) is 19.3 Å². The van der Waals surface area contributed by atoms with Crippen LogP contribution in [0.2, 0.25) is 0 Å². The van der Waals surface area contributed by atoms with Gasteiger partial charge in [0.15, 0.2) is 0 Å². The van der Waals surface area contributed by atoms with Crippen LogP contribution < -0.4 is 5.73 Å². The number of ether oxygens (including phenoxy) is 1. The number of amides is 1. The molecular formula is C16H24FN3O2. The van der Waals surface area contributed by atoms with E-state index in [4.69, 9.17) is 10.5 Å². The van der Waals surface area contributed by atoms with Crippen molar-refractivity contribution in [2.75, 3.05) is 39.8 Å². The minimum atomic E-state index is -0.350. The molecule has 1 aliphatic heterocycles. The van der Waals surface area contributed by atoms with Crippen molar-refractivity contribution in [3.8, 4) is 0 Å². The molecule has 1 heterocycles. The number of hydrogen-bond acceptors (Lipinski definition) is 4. The average Bonchev–Trinajstić information content (AvgIpc) is 2.42. The molecule has 5 nitrogen and oxygen atoms in total. The van der Waals surface area contributed by atoms with E-state index < -0.39 is 0 Å². The van der Waals surface area contributed by atoms with E-state index >= 15 is 0 Å². The Morgan fingerprint density at radius 3 is 3.05 bits per heavy atom. The number of hydrogen-bond donors (Lipinski definition) is 1. The van der Waals surface area contributed by atoms with Crippen LogP contribution in [0.4, 0.5) is 4.39 Å². The predicted molar refractivity (Wildman–Crippen MR) is 82.8 cm³/mol. The Morgan fingerprint density at radius 2 is 2.32 bits per heavy atom. The third-order valence-corrected chi connectivity index (χ3v) is 3.76. The number of morpholine rings is 1. The van der Waals surface area contributed by atoms with Crippen molar-refractivity contribution in [1.82, 2.24) is 9.80 Å². The summed E-state index contributed by atoms with van der Waals surface area (Å²) in [4.78, 5) is 14.9. The Hall–Kier alpha value is -1.50. The SMILES string of the molecule is Cc1ccc(F)c(CN2CCO[C@@H](CN(C)CC(N)=O)C2)c1. The van der Waals surface area contributed by atoms with Crippen LogP contribution in [0.5, 0.6) is 0 Å². The first-order valence-corrected chi connectivity index (χ1v) is 7.50. The van der Waals surface area contributed by atoms with Crippen LogP contribution in [0.3, 0.4) is 0 Å². The van der Waals surface area contributed by atoms with Crippen LogP contribution >= 0.6 is 0 Å². The molecule has 0 spiro atoms. The number of carbonyl (C=O) groups is 1. The van der Waals surface area contributed by atoms with Gasteiger partial charge in [0.2, 0.25) is 5.91 Å². The van der Waals surface area contributed by atoms with Crippen molar-refractivity contribution in [1.29, 1.82) is 0 Å². The van der Waals surface area contributed by atoms with Gasteiger partial charge in [0.1, 0.15) is 5.82 Å². The number of benzene rings is 1. The lowest BCUT2D eigenvalue weighted by molar-refractivity contribution is -0.119. The van der Waals surface area contributed by atoms with Crippen LogP contribution in [-0.4, -0.2) is 61.6 Å². The van der Waals surface area contributed by atoms with E-state index in [2.05, 4.69) is 4.90 Å². The minimum Gasteiger partial charge on any atom is -0.374 e. The summed E-state index contributed by atoms with van der Waals surface area (Å²) < 4.78 is 19.6. The van der Waals surface area contributed by atoms with Crippen molar-refractivity contribution < 1.29 is 13.9 Å². The van der Waals surface area contributed by atoms with Gasteiger partial charge in [-0.05, 0) is 20.0 Å². The highest BCUT2D eigenvalue weighted by atomic mass is 19.1. The summed E-state index contributed by atoms with van der Waals surface area (Å²) in [5, 5.41) is 0. The Morgan fingerprint density at radius 1 is 1.55 bits per heavy atom. The molecule has 0 aromatic heterocycles. The van der Waals surface area contributed by atoms with Crippen LogP contribution in [-0.2, 0) is 16.1 Å². The fourth-order valence-corrected chi connectivity index (χ4v) is 2.78. The van der Waals surface area contributed by atoms with E-state index in [1.165, 1.54) is 6.07 Å². The van der Waals surface area contributed by atoms with Gasteiger partial charge in [-0.25, -0.2) is 4.39 Å². The molecule has 22 heavy (non-hydrogen) atoms. The van der Waals surface area contributed by atoms with Gasteiger partial charge < -0.3 is 10.5 Å². The van der Waals surface area contributed by atoms with Crippen molar-refractivity contribution in [2.24, 2.45) is 5.73 Å². The Bertz CT molecular complexity index is 524. The van der Waals surface area contributed by atoms with Gasteiger partial charge in [-0.3, -0.25) is 14.6 Å². The van der Waals surface area contributed by atoms with Gasteiger partial charge in [-0.1, -0.05) is 17.7 Å². The Labute approximate surface area is 130 Å². The molecule has 0 radical (unpaired) electrons. The molecule has 6 heteroatoms. The second kappa shape index (κ2) is 7.67. The van der Waals surface area contributed by atoms with Gasteiger partial charge in [0, 0.05) is 31.7 Å². The number of primary amides is 1. The van der Waals surface area contributed by atoms with Crippen molar-refractivity contribution in [3.05, 3.63) is 35.1 Å². The zero-order valence-corrected chi connectivity index (χ0v) is 13.2. The molecule has 1 aromatic rings. The Kier molecular flexibility index (Phi) is 5.88. The number of halogens is 1. The molecule has 122 valence electrons. The van der Waals surface area contributed by atoms with E-state index in [-0.39, 0.29) is 24.4 Å². The maximum Gasteiger partial charge on any atom is 0.231 e. The molecule has 1 fully saturated rings. The smallest absolute Gasteiger partial charge is 0.231 e. The first-order chi connectivity index (χ1) is 10.4. The molecule has 0 saturated carbocycles. The summed E-state index contributed by atoms with van der Waals surface area (Å²) >= 11 is 0. The summed E-state index contributed by atoms with van der Waals surface area (Å²) in [6.45, 7) is 5.50. The number of nitrogens with zero attached hydrogens (tertiary/aromatic N) is 2. The molecule has 2 N–H and O–H groups in total. The normalized spacial score (nSPS) is 19.5. The lowest BCUT2D eigenvalue weighted by atomic mass is 10.1. The zero-order chi connectivity index (χ0) is 16.1. The van der Waals surface area contributed by atoms with E-state index in [0.29, 0.717) is 25.3 Å². The fraction of sp³-hybridized carbons (Fsp3) is 0.562. The highest BCUT2D eigenvalue weighted by Crippen LogP contribution is 2.15. The van der Waals surface area contributed by atoms with E-state index in [0.717, 1.165) is 18.7 Å². The summed E-state index contributed by atoms with van der Waals surface area (Å²) in [6.07, 6.45) is 0.00553. The zero-order valence-electron chi connectivity index (χ0n) is 13.2. The molecular weight excluding hydrogens is 285 g/mol. The lowest BCUT2D eigenvalue weighted by Crippen LogP contribution is -2.47. The van der Waals surface area contributed by atoms with Crippen LogP contribution in [0.25, 0.3) is 0 Å². The first kappa shape index (κ1) is 16.9. The fourth-order valence-electron chi connectivity index (χ4n) is 2.78. The average molecular weight is 309 g/mol. The number of likely N-dealkylation sites (N-methyl/N-ethyl adjacent to an activating group) is 1. The summed E-state index contributed by atoms with van der Waals surface area (Å²) in [6, 6.07) is 5.18. The first-order valence-electron chi connectivity index (χ1n) is 7.50. The van der Waals surface area contributed by atoms with Crippen LogP contribution in [0, 0.1) is 12.7 Å². The highest BCUT2D eigenvalue weighted by molar-refractivity contribution is 5.75. The topological polar surface area (TPSA) is 58.8 Å². The third-order valence-electron chi connectivity index (χ3n) is 3.76. The monoisotopic (exact) mass is 309 g/mol. The van der Waals surface area contributed by atoms with E-state index in [9.17, 15) is 9.18 Å². The molecule has 1 amide bonds. The van der Waals surface area contributed by atoms with Crippen molar-refractivity contribution in [3.63, 3.8) is 0 Å². The summed E-state index contributed by atoms with van der Waals surface area (Å²) in [5.74, 6) is -0.517. The summed E-state index contributed by atoms with van der Waals surface area (Å²) in [5.41, 5.74) is 6.96. The molecule has 0 unspecified atom stereocenters. The van der Waals surface area contributed by atoms with Crippen LogP contribution in [0.1, 0.15) is 11.1 Å². The number of rotatable bonds is 6. The van der Waals surface area contributed by atoms with Crippen molar-refractivity contribution in [2.45, 2.75) is 19.6 Å². The Balaban J connectivity index is 1.90. The molecule has 2 rings (SSSR count). The standard InChI is InChI=1S/C16H24FN3O2/c1-12-3-4-15(17)13(7-12)8-20-5-6-22-14(10-20)9-19(2)11-16(18)21/h3-4,7,14H,5-6,8-11H2,1-2H3,(H2,18,21)/t14-/m0/s1. The lowest BCUT2D eigenvalue weighted by Gasteiger charge is -2.34. The largest absolute Gasteiger partial charge is 0.374 e. The number of aryl methyl sites for hydroxylation is 1. The van der Waals surface area contributed by atoms with Gasteiger partial charge in [-0.15, -0.1) is 0 Å². The maximum atomic E-state index is 13.9. The van der Waals surface area contributed by atoms with Crippen LogP contribution in [0.15, 0.2) is 18.2 Å². The molecule has 1 saturated heterocycles.